The molecule has 0 saturated heterocycles. The Labute approximate surface area is 235 Å². The highest BCUT2D eigenvalue weighted by molar-refractivity contribution is 5.53. The van der Waals surface area contributed by atoms with Gasteiger partial charge < -0.3 is 19.7 Å². The van der Waals surface area contributed by atoms with E-state index in [0.717, 1.165) is 16.9 Å². The summed E-state index contributed by atoms with van der Waals surface area (Å²) in [6.45, 7) is 4.89. The summed E-state index contributed by atoms with van der Waals surface area (Å²) >= 11 is 0. The van der Waals surface area contributed by atoms with Gasteiger partial charge in [0.05, 0.1) is 6.04 Å². The van der Waals surface area contributed by atoms with Gasteiger partial charge in [0, 0.05) is 17.5 Å². The molecule has 0 aliphatic heterocycles. The minimum atomic E-state index is -0.727. The highest BCUT2D eigenvalue weighted by atomic mass is 16.5. The lowest BCUT2D eigenvalue weighted by Gasteiger charge is -2.26. The summed E-state index contributed by atoms with van der Waals surface area (Å²) in [6, 6.07) is 38.1. The molecule has 204 valence electrons. The average Bonchev–Trinajstić information content (AvgIpc) is 3.50. The number of rotatable bonds is 12. The second kappa shape index (κ2) is 12.7. The maximum absolute atomic E-state index is 10.7. The summed E-state index contributed by atoms with van der Waals surface area (Å²) in [6.07, 6.45) is -0.0843. The molecule has 4 aromatic carbocycles. The Kier molecular flexibility index (Phi) is 8.69. The van der Waals surface area contributed by atoms with Crippen molar-refractivity contribution in [1.82, 2.24) is 15.5 Å². The largest absolute Gasteiger partial charge is 0.491 e. The molecule has 6 heteroatoms. The second-order valence-electron chi connectivity index (χ2n) is 10.5. The normalized spacial score (nSPS) is 13.1. The van der Waals surface area contributed by atoms with Crippen molar-refractivity contribution in [2.45, 2.75) is 37.8 Å². The number of benzene rings is 4. The molecule has 0 fully saturated rings. The molecule has 0 spiro atoms. The number of nitrogens with one attached hydrogen (secondary N) is 1. The lowest BCUT2D eigenvalue weighted by atomic mass is 9.78. The van der Waals surface area contributed by atoms with Gasteiger partial charge in [-0.1, -0.05) is 122 Å². The molecule has 40 heavy (non-hydrogen) atoms. The molecular formula is C34H35N3O3. The smallest absolute Gasteiger partial charge is 0.244 e. The third-order valence-electron chi connectivity index (χ3n) is 7.17. The van der Waals surface area contributed by atoms with Crippen LogP contribution >= 0.6 is 0 Å². The van der Waals surface area contributed by atoms with E-state index in [1.54, 1.807) is 0 Å². The van der Waals surface area contributed by atoms with Crippen molar-refractivity contribution in [1.29, 1.82) is 0 Å². The van der Waals surface area contributed by atoms with E-state index in [1.807, 2.05) is 66.7 Å². The molecule has 0 aliphatic carbocycles. The fraction of sp³-hybridized carbons (Fsp3) is 0.235. The van der Waals surface area contributed by atoms with Crippen LogP contribution in [0.3, 0.4) is 0 Å². The third kappa shape index (κ3) is 6.84. The molecule has 0 amide bonds. The fourth-order valence-electron chi connectivity index (χ4n) is 4.70. The van der Waals surface area contributed by atoms with E-state index in [9.17, 15) is 5.11 Å². The van der Waals surface area contributed by atoms with Crippen LogP contribution in [0.2, 0.25) is 0 Å². The van der Waals surface area contributed by atoms with Crippen LogP contribution < -0.4 is 10.1 Å². The molecular weight excluding hydrogens is 498 g/mol. The Morgan fingerprint density at radius 3 is 2.08 bits per heavy atom. The van der Waals surface area contributed by atoms with E-state index in [2.05, 4.69) is 77.8 Å². The summed E-state index contributed by atoms with van der Waals surface area (Å²) in [4.78, 5) is 4.65. The van der Waals surface area contributed by atoms with E-state index in [1.165, 1.54) is 11.1 Å². The first-order chi connectivity index (χ1) is 19.5. The molecule has 1 heterocycles. The van der Waals surface area contributed by atoms with Crippen molar-refractivity contribution >= 4 is 0 Å². The molecule has 2 unspecified atom stereocenters. The van der Waals surface area contributed by atoms with Crippen LogP contribution in [0.5, 0.6) is 5.75 Å². The molecule has 1 aromatic heterocycles. The Morgan fingerprint density at radius 2 is 1.40 bits per heavy atom. The van der Waals surface area contributed by atoms with Gasteiger partial charge >= 0.3 is 0 Å². The fourth-order valence-corrected chi connectivity index (χ4v) is 4.70. The summed E-state index contributed by atoms with van der Waals surface area (Å²) in [5.41, 5.74) is 4.36. The van der Waals surface area contributed by atoms with Crippen LogP contribution in [0.15, 0.2) is 120 Å². The Morgan fingerprint density at radius 1 is 0.800 bits per heavy atom. The van der Waals surface area contributed by atoms with E-state index in [0.29, 0.717) is 24.7 Å². The molecule has 5 aromatic rings. The zero-order valence-corrected chi connectivity index (χ0v) is 22.9. The van der Waals surface area contributed by atoms with Crippen molar-refractivity contribution in [3.8, 4) is 17.1 Å². The quantitative estimate of drug-likeness (QED) is 0.194. The van der Waals surface area contributed by atoms with E-state index < -0.39 is 6.10 Å². The Hall–Kier alpha value is -4.26. The van der Waals surface area contributed by atoms with Crippen molar-refractivity contribution in [2.75, 3.05) is 13.2 Å². The van der Waals surface area contributed by atoms with E-state index >= 15 is 0 Å². The van der Waals surface area contributed by atoms with Gasteiger partial charge in [-0.2, -0.15) is 4.98 Å². The van der Waals surface area contributed by atoms with Crippen molar-refractivity contribution in [3.63, 3.8) is 0 Å². The van der Waals surface area contributed by atoms with Gasteiger partial charge in [0.15, 0.2) is 0 Å². The van der Waals surface area contributed by atoms with Gasteiger partial charge in [0.2, 0.25) is 11.7 Å². The summed E-state index contributed by atoms with van der Waals surface area (Å²) in [5, 5.41) is 18.3. The highest BCUT2D eigenvalue weighted by Gasteiger charge is 2.23. The number of nitrogens with zero attached hydrogens (tertiary/aromatic N) is 2. The van der Waals surface area contributed by atoms with Crippen LogP contribution in [0, 0.1) is 0 Å². The maximum Gasteiger partial charge on any atom is 0.244 e. The number of hydrogen-bond acceptors (Lipinski definition) is 6. The van der Waals surface area contributed by atoms with Crippen LogP contribution in [0.25, 0.3) is 11.4 Å². The number of hydrogen-bond donors (Lipinski definition) is 2. The van der Waals surface area contributed by atoms with Gasteiger partial charge in [-0.25, -0.2) is 0 Å². The van der Waals surface area contributed by atoms with Crippen molar-refractivity contribution in [2.24, 2.45) is 0 Å². The Balaban J connectivity index is 1.20. The lowest BCUT2D eigenvalue weighted by Crippen LogP contribution is -2.35. The van der Waals surface area contributed by atoms with Gasteiger partial charge in [0.1, 0.15) is 18.5 Å². The Bertz CT molecular complexity index is 1450. The van der Waals surface area contributed by atoms with Crippen LogP contribution in [0.4, 0.5) is 0 Å². The first-order valence-electron chi connectivity index (χ1n) is 13.6. The summed E-state index contributed by atoms with van der Waals surface area (Å²) in [7, 11) is 0. The molecule has 2 N–H and O–H groups in total. The third-order valence-corrected chi connectivity index (χ3v) is 7.17. The number of aliphatic hydroxyl groups is 1. The van der Waals surface area contributed by atoms with Crippen LogP contribution in [0.1, 0.15) is 42.5 Å². The SMILES string of the molecule is CC(C)(c1ccccc1)c1ccc(OCC(O)CNC(Cc2ccccc2)c2nc(-c3ccccc3)no2)cc1. The molecule has 0 bridgehead atoms. The first kappa shape index (κ1) is 27.3. The monoisotopic (exact) mass is 533 g/mol. The molecule has 6 nitrogen and oxygen atoms in total. The average molecular weight is 534 g/mol. The zero-order chi connectivity index (χ0) is 27.8. The molecule has 2 atom stereocenters. The molecule has 0 aliphatic rings. The van der Waals surface area contributed by atoms with Crippen molar-refractivity contribution < 1.29 is 14.4 Å². The van der Waals surface area contributed by atoms with Gasteiger partial charge in [0.25, 0.3) is 0 Å². The predicted molar refractivity (Wildman–Crippen MR) is 157 cm³/mol. The van der Waals surface area contributed by atoms with Crippen molar-refractivity contribution in [3.05, 3.63) is 138 Å². The highest BCUT2D eigenvalue weighted by Crippen LogP contribution is 2.32. The molecule has 5 rings (SSSR count). The maximum atomic E-state index is 10.7. The van der Waals surface area contributed by atoms with Crippen LogP contribution in [-0.2, 0) is 11.8 Å². The van der Waals surface area contributed by atoms with Gasteiger partial charge in [-0.3, -0.25) is 0 Å². The van der Waals surface area contributed by atoms with E-state index in [-0.39, 0.29) is 18.1 Å². The summed E-state index contributed by atoms with van der Waals surface area (Å²) < 4.78 is 11.6. The standard InChI is InChI=1S/C34H35N3O3/c1-34(2,27-16-10-5-11-17-27)28-18-20-30(21-19-28)39-24-29(38)23-35-31(22-25-12-6-3-7-13-25)33-36-32(37-40-33)26-14-8-4-9-15-26/h3-21,29,31,35,38H,22-24H2,1-2H3. The zero-order valence-electron chi connectivity index (χ0n) is 22.9. The number of aromatic nitrogens is 2. The minimum Gasteiger partial charge on any atom is -0.491 e. The predicted octanol–water partition coefficient (Wildman–Crippen LogP) is 6.38. The van der Waals surface area contributed by atoms with Gasteiger partial charge in [-0.15, -0.1) is 0 Å². The molecule has 0 saturated carbocycles. The first-order valence-corrected chi connectivity index (χ1v) is 13.6. The van der Waals surface area contributed by atoms with Crippen LogP contribution in [-0.4, -0.2) is 34.5 Å². The van der Waals surface area contributed by atoms with E-state index in [4.69, 9.17) is 9.26 Å². The number of ether oxygens (including phenoxy) is 1. The second-order valence-corrected chi connectivity index (χ2v) is 10.5. The summed E-state index contributed by atoms with van der Waals surface area (Å²) in [5.74, 6) is 1.74. The topological polar surface area (TPSA) is 80.4 Å². The minimum absolute atomic E-state index is 0.119. The van der Waals surface area contributed by atoms with Gasteiger partial charge in [-0.05, 0) is 35.2 Å². The number of aliphatic hydroxyl groups excluding tert-OH is 1. The molecule has 0 radical (unpaired) electrons. The lowest BCUT2D eigenvalue weighted by molar-refractivity contribution is 0.102.